The second-order valence-electron chi connectivity index (χ2n) is 6.40. The number of halogens is 2. The Labute approximate surface area is 175 Å². The van der Waals surface area contributed by atoms with Crippen LogP contribution in [0.25, 0.3) is 11.3 Å². The minimum absolute atomic E-state index is 0.00514. The van der Waals surface area contributed by atoms with Crippen LogP contribution in [0.4, 0.5) is 5.69 Å². The third kappa shape index (κ3) is 3.62. The van der Waals surface area contributed by atoms with Crippen molar-refractivity contribution in [1.29, 1.82) is 0 Å². The Balaban J connectivity index is 1.64. The van der Waals surface area contributed by atoms with Crippen LogP contribution in [0.1, 0.15) is 11.3 Å². The molecule has 2 heterocycles. The Hall–Kier alpha value is -2.46. The maximum Gasteiger partial charge on any atom is 0.289 e. The molecule has 1 aromatic heterocycles. The molecule has 1 aliphatic rings. The van der Waals surface area contributed by atoms with Crippen molar-refractivity contribution >= 4 is 38.9 Å². The molecule has 2 aromatic carbocycles. The van der Waals surface area contributed by atoms with Gasteiger partial charge in [-0.05, 0) is 42.8 Å². The number of sulfonamides is 1. The number of aromatic nitrogens is 1. The zero-order chi connectivity index (χ0) is 20.8. The number of nitro groups is 1. The SMILES string of the molecule is O=[N+]([O-])c1cc(S(=O)(=O)N2CCc3c(noc3-c3ccc(Cl)cc3)C2)ccc1Cl. The van der Waals surface area contributed by atoms with Crippen LogP contribution < -0.4 is 0 Å². The number of nitrogens with zero attached hydrogens (tertiary/aromatic N) is 3. The minimum Gasteiger partial charge on any atom is -0.356 e. The van der Waals surface area contributed by atoms with Gasteiger partial charge in [-0.2, -0.15) is 4.31 Å². The van der Waals surface area contributed by atoms with Gasteiger partial charge in [-0.15, -0.1) is 0 Å². The van der Waals surface area contributed by atoms with E-state index in [-0.39, 0.29) is 23.0 Å². The average Bonchev–Trinajstić information content (AvgIpc) is 3.12. The number of fused-ring (bicyclic) bond motifs is 1. The number of hydrogen-bond donors (Lipinski definition) is 0. The molecule has 0 saturated carbocycles. The Morgan fingerprint density at radius 3 is 2.55 bits per heavy atom. The molecule has 0 unspecified atom stereocenters. The molecule has 150 valence electrons. The topological polar surface area (TPSA) is 107 Å². The van der Waals surface area contributed by atoms with Crippen LogP contribution in [-0.2, 0) is 23.0 Å². The first-order chi connectivity index (χ1) is 13.8. The van der Waals surface area contributed by atoms with Gasteiger partial charge in [0.2, 0.25) is 10.0 Å². The van der Waals surface area contributed by atoms with Crippen molar-refractivity contribution in [3.8, 4) is 11.3 Å². The molecule has 8 nitrogen and oxygen atoms in total. The summed E-state index contributed by atoms with van der Waals surface area (Å²) in [7, 11) is -3.97. The van der Waals surface area contributed by atoms with Crippen LogP contribution in [0.3, 0.4) is 0 Å². The molecule has 0 bridgehead atoms. The van der Waals surface area contributed by atoms with Crippen molar-refractivity contribution in [2.75, 3.05) is 6.54 Å². The average molecular weight is 454 g/mol. The maximum atomic E-state index is 13.0. The van der Waals surface area contributed by atoms with E-state index < -0.39 is 20.6 Å². The molecule has 4 rings (SSSR count). The molecule has 0 amide bonds. The molecule has 0 aliphatic carbocycles. The lowest BCUT2D eigenvalue weighted by molar-refractivity contribution is -0.384. The smallest absolute Gasteiger partial charge is 0.289 e. The molecule has 1 aliphatic heterocycles. The summed E-state index contributed by atoms with van der Waals surface area (Å²) in [5.41, 5.74) is 1.68. The van der Waals surface area contributed by atoms with Crippen LogP contribution in [0.15, 0.2) is 51.9 Å². The quantitative estimate of drug-likeness (QED) is 0.430. The van der Waals surface area contributed by atoms with Gasteiger partial charge in [0.1, 0.15) is 10.7 Å². The number of rotatable bonds is 4. The second-order valence-corrected chi connectivity index (χ2v) is 9.18. The largest absolute Gasteiger partial charge is 0.356 e. The molecular weight excluding hydrogens is 441 g/mol. The summed E-state index contributed by atoms with van der Waals surface area (Å²) in [5, 5.41) is 15.6. The van der Waals surface area contributed by atoms with Crippen LogP contribution in [-0.4, -0.2) is 29.3 Å². The highest BCUT2D eigenvalue weighted by atomic mass is 35.5. The van der Waals surface area contributed by atoms with Crippen molar-refractivity contribution in [3.05, 3.63) is 73.9 Å². The summed E-state index contributed by atoms with van der Waals surface area (Å²) < 4.78 is 32.6. The first-order valence-electron chi connectivity index (χ1n) is 8.45. The summed E-state index contributed by atoms with van der Waals surface area (Å²) in [6.07, 6.45) is 0.395. The first kappa shape index (κ1) is 19.8. The third-order valence-electron chi connectivity index (χ3n) is 4.67. The van der Waals surface area contributed by atoms with Crippen molar-refractivity contribution in [2.24, 2.45) is 0 Å². The molecular formula is C18H13Cl2N3O5S. The fourth-order valence-electron chi connectivity index (χ4n) is 3.18. The van der Waals surface area contributed by atoms with E-state index in [0.29, 0.717) is 22.9 Å². The molecule has 0 saturated heterocycles. The molecule has 0 N–H and O–H groups in total. The van der Waals surface area contributed by atoms with Gasteiger partial charge in [-0.1, -0.05) is 28.4 Å². The summed E-state index contributed by atoms with van der Waals surface area (Å²) in [6.45, 7) is 0.193. The van der Waals surface area contributed by atoms with E-state index in [1.54, 1.807) is 24.3 Å². The van der Waals surface area contributed by atoms with Gasteiger partial charge >= 0.3 is 0 Å². The number of benzene rings is 2. The molecule has 0 spiro atoms. The van der Waals surface area contributed by atoms with Gasteiger partial charge < -0.3 is 4.52 Å². The zero-order valence-electron chi connectivity index (χ0n) is 14.7. The van der Waals surface area contributed by atoms with E-state index >= 15 is 0 Å². The van der Waals surface area contributed by atoms with Gasteiger partial charge in [-0.3, -0.25) is 10.1 Å². The Kier molecular flexibility index (Phi) is 5.07. The van der Waals surface area contributed by atoms with Crippen molar-refractivity contribution in [2.45, 2.75) is 17.9 Å². The van der Waals surface area contributed by atoms with E-state index in [0.717, 1.165) is 17.2 Å². The highest BCUT2D eigenvalue weighted by Crippen LogP contribution is 2.34. The fourth-order valence-corrected chi connectivity index (χ4v) is 4.92. The lowest BCUT2D eigenvalue weighted by Crippen LogP contribution is -2.36. The zero-order valence-corrected chi connectivity index (χ0v) is 17.0. The first-order valence-corrected chi connectivity index (χ1v) is 10.6. The van der Waals surface area contributed by atoms with Gasteiger partial charge in [0.25, 0.3) is 5.69 Å². The van der Waals surface area contributed by atoms with E-state index in [1.165, 1.54) is 16.4 Å². The monoisotopic (exact) mass is 453 g/mol. The van der Waals surface area contributed by atoms with E-state index in [4.69, 9.17) is 27.7 Å². The van der Waals surface area contributed by atoms with Crippen LogP contribution >= 0.6 is 23.2 Å². The lowest BCUT2D eigenvalue weighted by atomic mass is 10.0. The molecule has 0 radical (unpaired) electrons. The molecule has 29 heavy (non-hydrogen) atoms. The Morgan fingerprint density at radius 1 is 1.14 bits per heavy atom. The van der Waals surface area contributed by atoms with Crippen LogP contribution in [0, 0.1) is 10.1 Å². The van der Waals surface area contributed by atoms with Crippen molar-refractivity contribution in [3.63, 3.8) is 0 Å². The predicted octanol–water partition coefficient (Wildman–Crippen LogP) is 4.30. The normalized spacial score (nSPS) is 14.6. The molecule has 0 fully saturated rings. The van der Waals surface area contributed by atoms with Gasteiger partial charge in [0.05, 0.1) is 16.4 Å². The summed E-state index contributed by atoms with van der Waals surface area (Å²) >= 11 is 11.7. The van der Waals surface area contributed by atoms with Gasteiger partial charge in [0.15, 0.2) is 5.76 Å². The van der Waals surface area contributed by atoms with Crippen LogP contribution in [0.2, 0.25) is 10.0 Å². The second kappa shape index (κ2) is 7.42. The summed E-state index contributed by atoms with van der Waals surface area (Å²) in [4.78, 5) is 10.2. The number of hydrogen-bond acceptors (Lipinski definition) is 6. The van der Waals surface area contributed by atoms with E-state index in [2.05, 4.69) is 5.16 Å². The van der Waals surface area contributed by atoms with Crippen molar-refractivity contribution < 1.29 is 17.9 Å². The highest BCUT2D eigenvalue weighted by molar-refractivity contribution is 7.89. The maximum absolute atomic E-state index is 13.0. The minimum atomic E-state index is -3.97. The van der Waals surface area contributed by atoms with E-state index in [9.17, 15) is 18.5 Å². The Morgan fingerprint density at radius 2 is 1.86 bits per heavy atom. The molecule has 0 atom stereocenters. The van der Waals surface area contributed by atoms with Crippen molar-refractivity contribution in [1.82, 2.24) is 9.46 Å². The standard InChI is InChI=1S/C18H13Cl2N3O5S/c19-12-3-1-11(2-4-12)18-14-7-8-22(10-16(14)21-28-18)29(26,27)13-5-6-15(20)17(9-13)23(24)25/h1-6,9H,7-8,10H2. The molecule has 3 aromatic rings. The van der Waals surface area contributed by atoms with Crippen LogP contribution in [0.5, 0.6) is 0 Å². The number of nitro benzene ring substituents is 1. The highest BCUT2D eigenvalue weighted by Gasteiger charge is 2.33. The predicted molar refractivity (Wildman–Crippen MR) is 106 cm³/mol. The molecule has 11 heteroatoms. The van der Waals surface area contributed by atoms with Gasteiger partial charge in [0, 0.05) is 28.8 Å². The summed E-state index contributed by atoms with van der Waals surface area (Å²) in [6, 6.07) is 10.5. The lowest BCUT2D eigenvalue weighted by Gasteiger charge is -2.25. The van der Waals surface area contributed by atoms with Gasteiger partial charge in [-0.25, -0.2) is 8.42 Å². The fraction of sp³-hybridized carbons (Fsp3) is 0.167. The van der Waals surface area contributed by atoms with E-state index in [1.807, 2.05) is 0 Å². The third-order valence-corrected chi connectivity index (χ3v) is 7.08. The summed E-state index contributed by atoms with van der Waals surface area (Å²) in [5.74, 6) is 0.579. The Bertz CT molecular complexity index is 1210.